The minimum atomic E-state index is 0.843. The molecule has 0 unspecified atom stereocenters. The lowest BCUT2D eigenvalue weighted by Crippen LogP contribution is -1.88. The van der Waals surface area contributed by atoms with Crippen molar-refractivity contribution in [1.29, 1.82) is 5.26 Å². The average Bonchev–Trinajstić information content (AvgIpc) is 2.49. The molecule has 1 heteroatoms. The van der Waals surface area contributed by atoms with Gasteiger partial charge in [-0.05, 0) is 48.9 Å². The van der Waals surface area contributed by atoms with Crippen LogP contribution in [0.2, 0.25) is 0 Å². The number of aryl methyl sites for hydroxylation is 3. The van der Waals surface area contributed by atoms with Crippen molar-refractivity contribution in [3.05, 3.63) is 34.4 Å². The van der Waals surface area contributed by atoms with Crippen LogP contribution in [0.5, 0.6) is 0 Å². The van der Waals surface area contributed by atoms with Crippen molar-refractivity contribution in [2.45, 2.75) is 26.2 Å². The number of rotatable bonds is 0. The van der Waals surface area contributed by atoms with E-state index in [1.807, 2.05) is 6.92 Å². The molecule has 0 aliphatic heterocycles. The lowest BCUT2D eigenvalue weighted by Gasteiger charge is -2.02. The number of hydrogen-bond acceptors (Lipinski definition) is 1. The Bertz CT molecular complexity index is 357. The molecule has 0 spiro atoms. The topological polar surface area (TPSA) is 23.8 Å². The van der Waals surface area contributed by atoms with Crippen LogP contribution in [0.15, 0.2) is 12.1 Å². The van der Waals surface area contributed by atoms with E-state index in [0.29, 0.717) is 0 Å². The zero-order valence-corrected chi connectivity index (χ0v) is 7.22. The lowest BCUT2D eigenvalue weighted by molar-refractivity contribution is 0.911. The Kier molecular flexibility index (Phi) is 1.62. The van der Waals surface area contributed by atoms with Gasteiger partial charge >= 0.3 is 0 Å². The molecule has 0 saturated heterocycles. The Hall–Kier alpha value is -1.29. The highest BCUT2D eigenvalue weighted by molar-refractivity contribution is 5.45. The highest BCUT2D eigenvalue weighted by atomic mass is 14.3. The maximum Gasteiger partial charge on any atom is 0.0994 e. The third kappa shape index (κ3) is 1.00. The summed E-state index contributed by atoms with van der Waals surface area (Å²) in [6, 6.07) is 6.45. The first-order valence-corrected chi connectivity index (χ1v) is 4.34. The van der Waals surface area contributed by atoms with E-state index in [-0.39, 0.29) is 0 Å². The molecule has 1 aromatic rings. The summed E-state index contributed by atoms with van der Waals surface area (Å²) in [5, 5.41) is 8.80. The Morgan fingerprint density at radius 1 is 1.25 bits per heavy atom. The molecule has 0 heterocycles. The largest absolute Gasteiger partial charge is 0.192 e. The first-order valence-electron chi connectivity index (χ1n) is 4.34. The summed E-state index contributed by atoms with van der Waals surface area (Å²) < 4.78 is 0. The minimum absolute atomic E-state index is 0.843. The molecule has 0 bridgehead atoms. The van der Waals surface area contributed by atoms with Gasteiger partial charge in [0.2, 0.25) is 0 Å². The molecule has 1 nitrogen and oxygen atoms in total. The van der Waals surface area contributed by atoms with Gasteiger partial charge in [0, 0.05) is 0 Å². The normalized spacial score (nSPS) is 14.0. The summed E-state index contributed by atoms with van der Waals surface area (Å²) in [7, 11) is 0. The van der Waals surface area contributed by atoms with Gasteiger partial charge in [0.05, 0.1) is 11.6 Å². The first kappa shape index (κ1) is 7.36. The highest BCUT2D eigenvalue weighted by Crippen LogP contribution is 2.24. The second-order valence-electron chi connectivity index (χ2n) is 3.40. The lowest BCUT2D eigenvalue weighted by atomic mass is 10.0. The fourth-order valence-corrected chi connectivity index (χ4v) is 1.87. The predicted molar refractivity (Wildman–Crippen MR) is 47.9 cm³/mol. The van der Waals surface area contributed by atoms with Gasteiger partial charge in [-0.1, -0.05) is 6.07 Å². The predicted octanol–water partition coefficient (Wildman–Crippen LogP) is 2.36. The van der Waals surface area contributed by atoms with Crippen molar-refractivity contribution >= 4 is 0 Å². The van der Waals surface area contributed by atoms with Crippen LogP contribution in [0.25, 0.3) is 0 Å². The summed E-state index contributed by atoms with van der Waals surface area (Å²) in [6.07, 6.45) is 3.61. The molecular weight excluding hydrogens is 146 g/mol. The second kappa shape index (κ2) is 2.64. The van der Waals surface area contributed by atoms with Crippen LogP contribution < -0.4 is 0 Å². The zero-order valence-electron chi connectivity index (χ0n) is 7.22. The second-order valence-corrected chi connectivity index (χ2v) is 3.40. The molecule has 0 radical (unpaired) electrons. The van der Waals surface area contributed by atoms with E-state index >= 15 is 0 Å². The smallest absolute Gasteiger partial charge is 0.0994 e. The highest BCUT2D eigenvalue weighted by Gasteiger charge is 2.12. The van der Waals surface area contributed by atoms with Crippen LogP contribution >= 0.6 is 0 Å². The van der Waals surface area contributed by atoms with Crippen molar-refractivity contribution in [3.63, 3.8) is 0 Å². The van der Waals surface area contributed by atoms with Crippen molar-refractivity contribution in [1.82, 2.24) is 0 Å². The average molecular weight is 157 g/mol. The van der Waals surface area contributed by atoms with Crippen LogP contribution in [0, 0.1) is 18.3 Å². The van der Waals surface area contributed by atoms with Gasteiger partial charge in [0.25, 0.3) is 0 Å². The number of nitriles is 1. The van der Waals surface area contributed by atoms with E-state index in [2.05, 4.69) is 18.2 Å². The van der Waals surface area contributed by atoms with Gasteiger partial charge in [0.15, 0.2) is 0 Å². The van der Waals surface area contributed by atoms with Gasteiger partial charge < -0.3 is 0 Å². The quantitative estimate of drug-likeness (QED) is 0.567. The van der Waals surface area contributed by atoms with E-state index in [1.165, 1.54) is 24.0 Å². The third-order valence-electron chi connectivity index (χ3n) is 2.56. The van der Waals surface area contributed by atoms with E-state index in [1.54, 1.807) is 0 Å². The zero-order chi connectivity index (χ0) is 8.55. The maximum atomic E-state index is 8.80. The Morgan fingerprint density at radius 2 is 1.92 bits per heavy atom. The van der Waals surface area contributed by atoms with Gasteiger partial charge in [-0.25, -0.2) is 0 Å². The monoisotopic (exact) mass is 157 g/mol. The van der Waals surface area contributed by atoms with Crippen LogP contribution in [-0.4, -0.2) is 0 Å². The summed E-state index contributed by atoms with van der Waals surface area (Å²) in [5.41, 5.74) is 4.80. The molecule has 2 rings (SSSR count). The molecule has 0 aromatic heterocycles. The summed E-state index contributed by atoms with van der Waals surface area (Å²) in [6.45, 7) is 2.01. The molecule has 1 aliphatic carbocycles. The molecular formula is C11H11N. The van der Waals surface area contributed by atoms with Crippen LogP contribution in [0.3, 0.4) is 0 Å². The van der Waals surface area contributed by atoms with E-state index in [4.69, 9.17) is 5.26 Å². The molecule has 60 valence electrons. The van der Waals surface area contributed by atoms with E-state index in [0.717, 1.165) is 17.5 Å². The molecule has 1 aliphatic rings. The first-order chi connectivity index (χ1) is 5.81. The number of fused-ring (bicyclic) bond motifs is 1. The van der Waals surface area contributed by atoms with E-state index in [9.17, 15) is 0 Å². The molecule has 0 atom stereocenters. The molecule has 0 amide bonds. The van der Waals surface area contributed by atoms with Gasteiger partial charge in [-0.15, -0.1) is 0 Å². The van der Waals surface area contributed by atoms with Gasteiger partial charge in [-0.3, -0.25) is 0 Å². The summed E-state index contributed by atoms with van der Waals surface area (Å²) in [4.78, 5) is 0. The third-order valence-corrected chi connectivity index (χ3v) is 2.56. The van der Waals surface area contributed by atoms with Crippen molar-refractivity contribution < 1.29 is 0 Å². The molecule has 0 saturated carbocycles. The molecule has 0 N–H and O–H groups in total. The minimum Gasteiger partial charge on any atom is -0.192 e. The van der Waals surface area contributed by atoms with Crippen molar-refractivity contribution in [2.24, 2.45) is 0 Å². The number of nitrogens with zero attached hydrogens (tertiary/aromatic N) is 1. The summed E-state index contributed by atoms with van der Waals surface area (Å²) in [5.74, 6) is 0. The molecule has 0 fully saturated rings. The fourth-order valence-electron chi connectivity index (χ4n) is 1.87. The SMILES string of the molecule is Cc1cc2c(cc1C#N)CCC2. The number of hydrogen-bond donors (Lipinski definition) is 0. The fraction of sp³-hybridized carbons (Fsp3) is 0.364. The maximum absolute atomic E-state index is 8.80. The van der Waals surface area contributed by atoms with Crippen molar-refractivity contribution in [3.8, 4) is 6.07 Å². The Morgan fingerprint density at radius 3 is 2.58 bits per heavy atom. The van der Waals surface area contributed by atoms with Gasteiger partial charge in [-0.2, -0.15) is 5.26 Å². The number of benzene rings is 1. The Balaban J connectivity index is 2.59. The van der Waals surface area contributed by atoms with Crippen LogP contribution in [-0.2, 0) is 12.8 Å². The Labute approximate surface area is 72.6 Å². The molecule has 12 heavy (non-hydrogen) atoms. The standard InChI is InChI=1S/C11H11N/c1-8-5-9-3-2-4-10(9)6-11(8)7-12/h5-6H,2-4H2,1H3. The summed E-state index contributed by atoms with van der Waals surface area (Å²) >= 11 is 0. The van der Waals surface area contributed by atoms with E-state index < -0.39 is 0 Å². The van der Waals surface area contributed by atoms with Crippen molar-refractivity contribution in [2.75, 3.05) is 0 Å². The molecule has 1 aromatic carbocycles. The van der Waals surface area contributed by atoms with Crippen LogP contribution in [0.4, 0.5) is 0 Å². The van der Waals surface area contributed by atoms with Gasteiger partial charge in [0.1, 0.15) is 0 Å². The van der Waals surface area contributed by atoms with Crippen LogP contribution in [0.1, 0.15) is 28.7 Å².